The molecule has 0 spiro atoms. The molecule has 0 aliphatic rings. The molecule has 5 aromatic carbocycles. The second kappa shape index (κ2) is 8.34. The molecule has 0 amide bonds. The van der Waals surface area contributed by atoms with Gasteiger partial charge in [-0.25, -0.2) is 0 Å². The Balaban J connectivity index is 1.82. The van der Waals surface area contributed by atoms with Gasteiger partial charge in [-0.2, -0.15) is 10.5 Å². The fourth-order valence-corrected chi connectivity index (χ4v) is 4.96. The van der Waals surface area contributed by atoms with E-state index in [9.17, 15) is 10.5 Å². The maximum absolute atomic E-state index is 9.96. The molecule has 0 aliphatic heterocycles. The zero-order chi connectivity index (χ0) is 23.8. The van der Waals surface area contributed by atoms with E-state index in [0.717, 1.165) is 44.2 Å². The van der Waals surface area contributed by atoms with Gasteiger partial charge in [-0.1, -0.05) is 72.8 Å². The molecular formula is C32H19N3. The molecule has 0 radical (unpaired) electrons. The van der Waals surface area contributed by atoms with Crippen LogP contribution in [0.2, 0.25) is 0 Å². The number of nitriles is 2. The number of aromatic nitrogens is 1. The first kappa shape index (κ1) is 20.5. The second-order valence-electron chi connectivity index (χ2n) is 8.42. The smallest absolute Gasteiger partial charge is 0.0998 e. The maximum Gasteiger partial charge on any atom is 0.0998 e. The van der Waals surface area contributed by atoms with E-state index in [1.807, 2.05) is 36.4 Å². The third-order valence-electron chi connectivity index (χ3n) is 6.49. The lowest BCUT2D eigenvalue weighted by Crippen LogP contribution is -1.96. The van der Waals surface area contributed by atoms with Crippen molar-refractivity contribution >= 4 is 21.8 Å². The predicted octanol–water partition coefficient (Wildman–Crippen LogP) is 7.86. The molecule has 0 unspecified atom stereocenters. The molecule has 0 N–H and O–H groups in total. The first-order valence-electron chi connectivity index (χ1n) is 11.4. The summed E-state index contributed by atoms with van der Waals surface area (Å²) in [6.45, 7) is 0. The van der Waals surface area contributed by atoms with Crippen molar-refractivity contribution in [3.8, 4) is 40.1 Å². The molecule has 162 valence electrons. The number of para-hydroxylation sites is 2. The van der Waals surface area contributed by atoms with Gasteiger partial charge in [0.15, 0.2) is 0 Å². The zero-order valence-corrected chi connectivity index (χ0v) is 18.8. The molecule has 6 rings (SSSR count). The number of nitrogens with zero attached hydrogens (tertiary/aromatic N) is 3. The van der Waals surface area contributed by atoms with Gasteiger partial charge in [0.25, 0.3) is 0 Å². The SMILES string of the molecule is N#Cc1cccc(C#N)c1-c1cc2c(cc1-c1ccccc1)c1ccccc1n2-c1ccccc1. The van der Waals surface area contributed by atoms with Gasteiger partial charge in [-0.3, -0.25) is 0 Å². The van der Waals surface area contributed by atoms with Gasteiger partial charge in [0.2, 0.25) is 0 Å². The summed E-state index contributed by atoms with van der Waals surface area (Å²) in [4.78, 5) is 0. The monoisotopic (exact) mass is 445 g/mol. The quantitative estimate of drug-likeness (QED) is 0.278. The van der Waals surface area contributed by atoms with Crippen molar-refractivity contribution in [2.45, 2.75) is 0 Å². The van der Waals surface area contributed by atoms with Crippen molar-refractivity contribution < 1.29 is 0 Å². The largest absolute Gasteiger partial charge is 0.309 e. The lowest BCUT2D eigenvalue weighted by atomic mass is 9.88. The molecule has 0 atom stereocenters. The minimum absolute atomic E-state index is 0.489. The van der Waals surface area contributed by atoms with Crippen LogP contribution in [0.25, 0.3) is 49.7 Å². The van der Waals surface area contributed by atoms with Gasteiger partial charge in [-0.05, 0) is 59.2 Å². The minimum Gasteiger partial charge on any atom is -0.309 e. The Kier molecular flexibility index (Phi) is 4.88. The second-order valence-corrected chi connectivity index (χ2v) is 8.42. The normalized spacial score (nSPS) is 10.8. The van der Waals surface area contributed by atoms with E-state index < -0.39 is 0 Å². The minimum atomic E-state index is 0.489. The third-order valence-corrected chi connectivity index (χ3v) is 6.49. The summed E-state index contributed by atoms with van der Waals surface area (Å²) in [5.41, 5.74) is 7.76. The summed E-state index contributed by atoms with van der Waals surface area (Å²) in [7, 11) is 0. The standard InChI is InChI=1S/C32H19N3/c33-20-23-12-9-13-24(21-34)32(23)29-19-31-28(18-27(29)22-10-3-1-4-11-22)26-16-7-8-17-30(26)35(31)25-14-5-2-6-15-25/h1-19H. The Labute approximate surface area is 203 Å². The van der Waals surface area contributed by atoms with Crippen molar-refractivity contribution in [1.29, 1.82) is 10.5 Å². The summed E-state index contributed by atoms with van der Waals surface area (Å²) in [5, 5.41) is 22.2. The van der Waals surface area contributed by atoms with Crippen LogP contribution in [-0.4, -0.2) is 4.57 Å². The Morgan fingerprint density at radius 2 is 1.14 bits per heavy atom. The van der Waals surface area contributed by atoms with E-state index in [1.54, 1.807) is 18.2 Å². The number of hydrogen-bond donors (Lipinski definition) is 0. The first-order chi connectivity index (χ1) is 17.3. The number of fused-ring (bicyclic) bond motifs is 3. The van der Waals surface area contributed by atoms with Gasteiger partial charge in [0, 0.05) is 22.0 Å². The van der Waals surface area contributed by atoms with Crippen LogP contribution >= 0.6 is 0 Å². The lowest BCUT2D eigenvalue weighted by Gasteiger charge is -2.15. The van der Waals surface area contributed by atoms with E-state index in [2.05, 4.69) is 77.4 Å². The van der Waals surface area contributed by atoms with Crippen LogP contribution in [0.3, 0.4) is 0 Å². The molecule has 0 fully saturated rings. The van der Waals surface area contributed by atoms with Crippen LogP contribution in [0.5, 0.6) is 0 Å². The van der Waals surface area contributed by atoms with Gasteiger partial charge in [0.05, 0.1) is 34.3 Å². The highest BCUT2D eigenvalue weighted by molar-refractivity contribution is 6.12. The highest BCUT2D eigenvalue weighted by atomic mass is 15.0. The van der Waals surface area contributed by atoms with Gasteiger partial charge < -0.3 is 4.57 Å². The predicted molar refractivity (Wildman–Crippen MR) is 141 cm³/mol. The maximum atomic E-state index is 9.96. The number of rotatable bonds is 3. The highest BCUT2D eigenvalue weighted by Crippen LogP contribution is 2.42. The van der Waals surface area contributed by atoms with Gasteiger partial charge >= 0.3 is 0 Å². The van der Waals surface area contributed by atoms with Crippen LogP contribution < -0.4 is 0 Å². The van der Waals surface area contributed by atoms with Crippen LogP contribution in [0.1, 0.15) is 11.1 Å². The Morgan fingerprint density at radius 3 is 1.83 bits per heavy atom. The molecule has 0 saturated heterocycles. The average molecular weight is 446 g/mol. The molecular weight excluding hydrogens is 426 g/mol. The zero-order valence-electron chi connectivity index (χ0n) is 18.8. The summed E-state index contributed by atoms with van der Waals surface area (Å²) in [5.74, 6) is 0. The molecule has 0 saturated carbocycles. The van der Waals surface area contributed by atoms with Crippen LogP contribution in [0.15, 0.2) is 115 Å². The molecule has 3 nitrogen and oxygen atoms in total. The Hall–Kier alpha value is -5.12. The van der Waals surface area contributed by atoms with E-state index >= 15 is 0 Å². The van der Waals surface area contributed by atoms with E-state index in [1.165, 1.54) is 0 Å². The Morgan fingerprint density at radius 1 is 0.514 bits per heavy atom. The van der Waals surface area contributed by atoms with Crippen molar-refractivity contribution in [1.82, 2.24) is 4.57 Å². The molecule has 0 aliphatic carbocycles. The van der Waals surface area contributed by atoms with Gasteiger partial charge in [-0.15, -0.1) is 0 Å². The highest BCUT2D eigenvalue weighted by Gasteiger charge is 2.20. The third kappa shape index (κ3) is 3.27. The fourth-order valence-electron chi connectivity index (χ4n) is 4.96. The first-order valence-corrected chi connectivity index (χ1v) is 11.4. The van der Waals surface area contributed by atoms with Crippen molar-refractivity contribution in [2.75, 3.05) is 0 Å². The van der Waals surface area contributed by atoms with Crippen molar-refractivity contribution in [3.63, 3.8) is 0 Å². The topological polar surface area (TPSA) is 52.5 Å². The van der Waals surface area contributed by atoms with E-state index in [-0.39, 0.29) is 0 Å². The lowest BCUT2D eigenvalue weighted by molar-refractivity contribution is 1.18. The van der Waals surface area contributed by atoms with Crippen LogP contribution in [-0.2, 0) is 0 Å². The fraction of sp³-hybridized carbons (Fsp3) is 0. The molecule has 1 heterocycles. The van der Waals surface area contributed by atoms with Crippen LogP contribution in [0, 0.1) is 22.7 Å². The summed E-state index contributed by atoms with van der Waals surface area (Å²) < 4.78 is 2.25. The number of benzene rings is 5. The van der Waals surface area contributed by atoms with Gasteiger partial charge in [0.1, 0.15) is 0 Å². The molecule has 6 aromatic rings. The molecule has 35 heavy (non-hydrogen) atoms. The number of hydrogen-bond acceptors (Lipinski definition) is 2. The van der Waals surface area contributed by atoms with E-state index in [0.29, 0.717) is 16.7 Å². The van der Waals surface area contributed by atoms with Crippen LogP contribution in [0.4, 0.5) is 0 Å². The van der Waals surface area contributed by atoms with Crippen molar-refractivity contribution in [2.24, 2.45) is 0 Å². The summed E-state index contributed by atoms with van der Waals surface area (Å²) in [6, 6.07) is 43.1. The molecule has 3 heteroatoms. The Bertz CT molecular complexity index is 1770. The van der Waals surface area contributed by atoms with E-state index in [4.69, 9.17) is 0 Å². The summed E-state index contributed by atoms with van der Waals surface area (Å²) >= 11 is 0. The summed E-state index contributed by atoms with van der Waals surface area (Å²) in [6.07, 6.45) is 0. The molecule has 1 aromatic heterocycles. The average Bonchev–Trinajstić information content (AvgIpc) is 3.26. The molecule has 0 bridgehead atoms. The van der Waals surface area contributed by atoms with Crippen molar-refractivity contribution in [3.05, 3.63) is 126 Å².